The van der Waals surface area contributed by atoms with E-state index in [9.17, 15) is 14.0 Å². The van der Waals surface area contributed by atoms with E-state index >= 15 is 0 Å². The Morgan fingerprint density at radius 2 is 1.94 bits per heavy atom. The van der Waals surface area contributed by atoms with E-state index in [0.29, 0.717) is 40.6 Å². The number of morpholine rings is 1. The minimum absolute atomic E-state index is 0.0148. The van der Waals surface area contributed by atoms with E-state index in [1.165, 1.54) is 10.6 Å². The molecule has 1 saturated heterocycles. The molecule has 2 atom stereocenters. The second kappa shape index (κ2) is 8.72. The number of nitrogens with one attached hydrogen (secondary N) is 1. The number of amides is 1. The van der Waals surface area contributed by atoms with Crippen LogP contribution in [0.25, 0.3) is 11.1 Å². The highest BCUT2D eigenvalue weighted by atomic mass is 35.5. The van der Waals surface area contributed by atoms with E-state index in [4.69, 9.17) is 20.8 Å². The van der Waals surface area contributed by atoms with Crippen molar-refractivity contribution in [1.29, 1.82) is 0 Å². The fourth-order valence-electron chi connectivity index (χ4n) is 3.90. The first-order valence-corrected chi connectivity index (χ1v) is 10.5. The highest BCUT2D eigenvalue weighted by molar-refractivity contribution is 6.31. The minimum atomic E-state index is -0.561. The van der Waals surface area contributed by atoms with Crippen molar-refractivity contribution in [3.63, 3.8) is 0 Å². The molecule has 4 rings (SSSR count). The molecule has 0 aliphatic carbocycles. The first-order chi connectivity index (χ1) is 14.8. The van der Waals surface area contributed by atoms with Crippen LogP contribution in [0.1, 0.15) is 20.3 Å². The lowest BCUT2D eigenvalue weighted by molar-refractivity contribution is -0.116. The first-order valence-electron chi connectivity index (χ1n) is 10.1. The largest absolute Gasteiger partial charge is 0.419 e. The predicted molar refractivity (Wildman–Crippen MR) is 117 cm³/mol. The summed E-state index contributed by atoms with van der Waals surface area (Å²) < 4.78 is 26.9. The SMILES string of the molecule is CC1CN(c2ccc(NC(=O)CCn3c(=O)oc4cc(Cl)ccc43)cc2F)CC(C)O1. The summed E-state index contributed by atoms with van der Waals surface area (Å²) in [5, 5.41) is 3.14. The molecule has 164 valence electrons. The predicted octanol–water partition coefficient (Wildman–Crippen LogP) is 4.03. The molecule has 0 bridgehead atoms. The van der Waals surface area contributed by atoms with Gasteiger partial charge in [0.2, 0.25) is 5.91 Å². The van der Waals surface area contributed by atoms with Crippen LogP contribution in [-0.2, 0) is 16.1 Å². The second-order valence-corrected chi connectivity index (χ2v) is 8.19. The van der Waals surface area contributed by atoms with Crippen LogP contribution in [-0.4, -0.2) is 35.8 Å². The molecular weight excluding hydrogens is 425 g/mol. The van der Waals surface area contributed by atoms with Crippen molar-refractivity contribution in [2.75, 3.05) is 23.3 Å². The van der Waals surface area contributed by atoms with Crippen LogP contribution in [0.15, 0.2) is 45.6 Å². The topological polar surface area (TPSA) is 76.7 Å². The molecule has 1 fully saturated rings. The van der Waals surface area contributed by atoms with Gasteiger partial charge in [-0.15, -0.1) is 0 Å². The van der Waals surface area contributed by atoms with Gasteiger partial charge in [-0.3, -0.25) is 9.36 Å². The standard InChI is InChI=1S/C22H23ClFN3O4/c1-13-11-26(12-14(2)30-13)18-6-4-16(10-17(18)24)25-21(28)7-8-27-19-5-3-15(23)9-20(19)31-22(27)29/h3-6,9-10,13-14H,7-8,11-12H2,1-2H3,(H,25,28). The highest BCUT2D eigenvalue weighted by Gasteiger charge is 2.24. The Morgan fingerprint density at radius 1 is 1.19 bits per heavy atom. The third kappa shape index (κ3) is 4.75. The van der Waals surface area contributed by atoms with E-state index in [0.717, 1.165) is 0 Å². The van der Waals surface area contributed by atoms with Crippen molar-refractivity contribution in [3.8, 4) is 0 Å². The van der Waals surface area contributed by atoms with Crippen LogP contribution in [0.4, 0.5) is 15.8 Å². The van der Waals surface area contributed by atoms with Crippen LogP contribution >= 0.6 is 11.6 Å². The van der Waals surface area contributed by atoms with Gasteiger partial charge in [-0.2, -0.15) is 0 Å². The molecule has 1 aliphatic heterocycles. The van der Waals surface area contributed by atoms with Crippen LogP contribution < -0.4 is 16.0 Å². The van der Waals surface area contributed by atoms with Gasteiger partial charge in [-0.05, 0) is 44.2 Å². The Morgan fingerprint density at radius 3 is 2.65 bits per heavy atom. The lowest BCUT2D eigenvalue weighted by Crippen LogP contribution is -2.45. The number of benzene rings is 2. The van der Waals surface area contributed by atoms with Crippen molar-refractivity contribution in [3.05, 3.63) is 57.8 Å². The lowest BCUT2D eigenvalue weighted by Gasteiger charge is -2.37. The van der Waals surface area contributed by atoms with Crippen molar-refractivity contribution < 1.29 is 18.3 Å². The number of nitrogens with zero attached hydrogens (tertiary/aromatic N) is 2. The highest BCUT2D eigenvalue weighted by Crippen LogP contribution is 2.26. The normalized spacial score (nSPS) is 19.0. The zero-order valence-corrected chi connectivity index (χ0v) is 18.0. The molecule has 1 aliphatic rings. The number of aryl methyl sites for hydroxylation is 1. The van der Waals surface area contributed by atoms with Gasteiger partial charge in [0.1, 0.15) is 5.82 Å². The van der Waals surface area contributed by atoms with Crippen LogP contribution in [0, 0.1) is 5.82 Å². The van der Waals surface area contributed by atoms with Gasteiger partial charge in [0.15, 0.2) is 5.58 Å². The Balaban J connectivity index is 1.41. The van der Waals surface area contributed by atoms with Crippen molar-refractivity contribution in [2.45, 2.75) is 39.0 Å². The van der Waals surface area contributed by atoms with E-state index < -0.39 is 11.6 Å². The number of aromatic nitrogens is 1. The van der Waals surface area contributed by atoms with E-state index in [1.54, 1.807) is 30.3 Å². The maximum Gasteiger partial charge on any atom is 0.419 e. The van der Waals surface area contributed by atoms with Gasteiger partial charge in [0.05, 0.1) is 23.4 Å². The molecule has 7 nitrogen and oxygen atoms in total. The minimum Gasteiger partial charge on any atom is -0.408 e. The lowest BCUT2D eigenvalue weighted by atomic mass is 10.2. The summed E-state index contributed by atoms with van der Waals surface area (Å²) in [7, 11) is 0. The molecule has 1 N–H and O–H groups in total. The monoisotopic (exact) mass is 447 g/mol. The van der Waals surface area contributed by atoms with Gasteiger partial charge < -0.3 is 19.4 Å². The number of carbonyl (C=O) groups is 1. The van der Waals surface area contributed by atoms with Gasteiger partial charge in [0, 0.05) is 42.8 Å². The molecular formula is C22H23ClFN3O4. The number of oxazole rings is 1. The average Bonchev–Trinajstić information content (AvgIpc) is 2.99. The molecule has 3 aromatic rings. The summed E-state index contributed by atoms with van der Waals surface area (Å²) in [5.74, 6) is -1.31. The number of halogens is 2. The summed E-state index contributed by atoms with van der Waals surface area (Å²) in [6.07, 6.45) is 0.0564. The molecule has 0 spiro atoms. The third-order valence-corrected chi connectivity index (χ3v) is 5.42. The molecule has 2 heterocycles. The number of hydrogen-bond acceptors (Lipinski definition) is 5. The number of anilines is 2. The van der Waals surface area contributed by atoms with E-state index in [2.05, 4.69) is 5.32 Å². The smallest absolute Gasteiger partial charge is 0.408 e. The van der Waals surface area contributed by atoms with Gasteiger partial charge in [-0.25, -0.2) is 9.18 Å². The summed E-state index contributed by atoms with van der Waals surface area (Å²) >= 11 is 5.91. The molecule has 1 aromatic heterocycles. The maximum absolute atomic E-state index is 14.7. The Kier molecular flexibility index (Phi) is 6.02. The maximum atomic E-state index is 14.7. The number of hydrogen-bond donors (Lipinski definition) is 1. The Hall–Kier alpha value is -2.84. The van der Waals surface area contributed by atoms with Gasteiger partial charge in [-0.1, -0.05) is 11.6 Å². The van der Waals surface area contributed by atoms with Crippen LogP contribution in [0.2, 0.25) is 5.02 Å². The fraction of sp³-hybridized carbons (Fsp3) is 0.364. The first kappa shape index (κ1) is 21.4. The zero-order valence-electron chi connectivity index (χ0n) is 17.2. The van der Waals surface area contributed by atoms with E-state index in [1.807, 2.05) is 18.7 Å². The Labute approximate surface area is 183 Å². The number of carbonyl (C=O) groups excluding carboxylic acids is 1. The molecule has 2 aromatic carbocycles. The molecule has 9 heteroatoms. The van der Waals surface area contributed by atoms with Crippen molar-refractivity contribution >= 4 is 40.0 Å². The molecule has 0 saturated carbocycles. The molecule has 0 radical (unpaired) electrons. The average molecular weight is 448 g/mol. The quantitative estimate of drug-likeness (QED) is 0.639. The Bertz CT molecular complexity index is 1170. The summed E-state index contributed by atoms with van der Waals surface area (Å²) in [6, 6.07) is 9.50. The second-order valence-electron chi connectivity index (χ2n) is 7.76. The van der Waals surface area contributed by atoms with Crippen molar-refractivity contribution in [2.24, 2.45) is 0 Å². The number of ether oxygens (including phenoxy) is 1. The van der Waals surface area contributed by atoms with Crippen LogP contribution in [0.5, 0.6) is 0 Å². The summed E-state index contributed by atoms with van der Waals surface area (Å²) in [6.45, 7) is 5.25. The zero-order chi connectivity index (χ0) is 22.1. The number of fused-ring (bicyclic) bond motifs is 1. The number of rotatable bonds is 5. The van der Waals surface area contributed by atoms with Gasteiger partial charge >= 0.3 is 5.76 Å². The molecule has 2 unspecified atom stereocenters. The van der Waals surface area contributed by atoms with Crippen molar-refractivity contribution in [1.82, 2.24) is 4.57 Å². The molecule has 1 amide bonds. The summed E-state index contributed by atoms with van der Waals surface area (Å²) in [5.41, 5.74) is 1.76. The summed E-state index contributed by atoms with van der Waals surface area (Å²) in [4.78, 5) is 26.4. The third-order valence-electron chi connectivity index (χ3n) is 5.18. The molecule has 31 heavy (non-hydrogen) atoms. The van der Waals surface area contributed by atoms with E-state index in [-0.39, 0.29) is 31.1 Å². The van der Waals surface area contributed by atoms with Gasteiger partial charge in [0.25, 0.3) is 0 Å². The fourth-order valence-corrected chi connectivity index (χ4v) is 4.07. The van der Waals surface area contributed by atoms with Crippen LogP contribution in [0.3, 0.4) is 0 Å².